The van der Waals surface area contributed by atoms with E-state index in [1.54, 1.807) is 56.6 Å². The number of nitrogens with one attached hydrogen (secondary N) is 8. The zero-order valence-electron chi connectivity index (χ0n) is 37.3. The van der Waals surface area contributed by atoms with Crippen LogP contribution in [-0.2, 0) is 52.8 Å². The number of H-pyrrole nitrogens is 2. The van der Waals surface area contributed by atoms with Crippen molar-refractivity contribution in [1.29, 1.82) is 0 Å². The van der Waals surface area contributed by atoms with Gasteiger partial charge in [0.25, 0.3) is 0 Å². The van der Waals surface area contributed by atoms with Gasteiger partial charge in [-0.3, -0.25) is 28.8 Å². The van der Waals surface area contributed by atoms with Crippen molar-refractivity contribution < 1.29 is 43.8 Å². The number of carbonyl (C=O) groups excluding carboxylic acids is 6. The molecule has 5 aromatic rings. The molecule has 2 heterocycles. The van der Waals surface area contributed by atoms with E-state index in [1.165, 1.54) is 18.7 Å². The summed E-state index contributed by atoms with van der Waals surface area (Å²) in [5.41, 5.74) is 9.42. The first-order valence-corrected chi connectivity index (χ1v) is 23.0. The number of rotatable bonds is 24. The summed E-state index contributed by atoms with van der Waals surface area (Å²) < 4.78 is 0. The number of para-hydroxylation sites is 2. The highest BCUT2D eigenvalue weighted by molar-refractivity contribution is 7.98. The van der Waals surface area contributed by atoms with Gasteiger partial charge in [-0.2, -0.15) is 11.8 Å². The summed E-state index contributed by atoms with van der Waals surface area (Å²) in [4.78, 5) is 101. The number of carboxylic acid groups (broad SMARTS) is 1. The van der Waals surface area contributed by atoms with Crippen LogP contribution in [0.4, 0.5) is 0 Å². The molecular weight excluding hydrogens is 867 g/mol. The van der Waals surface area contributed by atoms with Crippen LogP contribution in [0.5, 0.6) is 0 Å². The zero-order chi connectivity index (χ0) is 47.9. The zero-order valence-corrected chi connectivity index (χ0v) is 38.1. The summed E-state index contributed by atoms with van der Waals surface area (Å²) in [5, 5.41) is 37.0. The number of benzene rings is 3. The molecule has 0 radical (unpaired) electrons. The molecule has 5 rings (SSSR count). The first-order valence-electron chi connectivity index (χ1n) is 21.6. The summed E-state index contributed by atoms with van der Waals surface area (Å²) in [5.74, 6) is -5.70. The van der Waals surface area contributed by atoms with E-state index in [0.29, 0.717) is 22.4 Å². The van der Waals surface area contributed by atoms with E-state index in [2.05, 4.69) is 41.9 Å². The molecule has 0 saturated heterocycles. The standard InChI is InChI=1S/C47H59N9O9S/c1-26(2)40(47(64)65)56-46(63)39(22-30-24-50-35-17-11-9-15-32(30)35)55-45(62)37(20-28-12-6-5-7-13-28)54-43(60)36(18-19-66-4)52-41(58)27(3)51-44(61)38(53-42(59)33(48)25-57)21-29-23-49-34-16-10-8-14-31(29)34/h5-17,23-24,26-27,33,36-40,49-50,57H,18-22,25,48H2,1-4H3,(H,51,61)(H,52,58)(H,53,59)(H,54,60)(H,55,62)(H,56,63)(H,64,65)/t27-,33-,36-,37-,38-,39-,40-/m0/s1. The Kier molecular flexibility index (Phi) is 18.3. The van der Waals surface area contributed by atoms with E-state index in [4.69, 9.17) is 5.73 Å². The Labute approximate surface area is 386 Å². The van der Waals surface area contributed by atoms with Crippen LogP contribution in [0.2, 0.25) is 0 Å². The second-order valence-electron chi connectivity index (χ2n) is 16.4. The summed E-state index contributed by atoms with van der Waals surface area (Å²) in [6, 6.07) is 14.9. The lowest BCUT2D eigenvalue weighted by Gasteiger charge is -2.27. The number of nitrogens with two attached hydrogens (primary N) is 1. The number of hydrogen-bond acceptors (Lipinski definition) is 10. The van der Waals surface area contributed by atoms with E-state index in [-0.39, 0.29) is 25.7 Å². The van der Waals surface area contributed by atoms with Gasteiger partial charge in [-0.1, -0.05) is 80.6 Å². The molecule has 18 nitrogen and oxygen atoms in total. The molecule has 6 amide bonds. The van der Waals surface area contributed by atoms with Gasteiger partial charge in [0.15, 0.2) is 0 Å². The molecule has 0 saturated carbocycles. The number of thioether (sulfide) groups is 1. The normalized spacial score (nSPS) is 14.5. The van der Waals surface area contributed by atoms with Crippen LogP contribution in [0.15, 0.2) is 91.3 Å². The van der Waals surface area contributed by atoms with Crippen molar-refractivity contribution in [3.8, 4) is 0 Å². The number of carbonyl (C=O) groups is 7. The van der Waals surface area contributed by atoms with Crippen molar-refractivity contribution in [1.82, 2.24) is 41.9 Å². The van der Waals surface area contributed by atoms with Crippen LogP contribution in [0.1, 0.15) is 43.9 Å². The fourth-order valence-corrected chi connectivity index (χ4v) is 7.84. The Morgan fingerprint density at radius 1 is 0.591 bits per heavy atom. The predicted octanol–water partition coefficient (Wildman–Crippen LogP) is 1.42. The lowest BCUT2D eigenvalue weighted by molar-refractivity contribution is -0.143. The maximum atomic E-state index is 14.4. The number of amides is 6. The van der Waals surface area contributed by atoms with Gasteiger partial charge in [0, 0.05) is 53.5 Å². The monoisotopic (exact) mass is 925 g/mol. The van der Waals surface area contributed by atoms with E-state index in [9.17, 15) is 43.8 Å². The molecule has 0 fully saturated rings. The van der Waals surface area contributed by atoms with Crippen LogP contribution < -0.4 is 37.6 Å². The Morgan fingerprint density at radius 2 is 1.05 bits per heavy atom. The molecule has 0 aliphatic carbocycles. The van der Waals surface area contributed by atoms with E-state index < -0.39 is 96.2 Å². The fourth-order valence-electron chi connectivity index (χ4n) is 7.37. The number of aromatic amines is 2. The van der Waals surface area contributed by atoms with Crippen LogP contribution in [0, 0.1) is 5.92 Å². The number of aliphatic hydroxyl groups excluding tert-OH is 1. The highest BCUT2D eigenvalue weighted by Gasteiger charge is 2.34. The van der Waals surface area contributed by atoms with Gasteiger partial charge in [-0.25, -0.2) is 4.79 Å². The maximum Gasteiger partial charge on any atom is 0.326 e. The van der Waals surface area contributed by atoms with Crippen LogP contribution in [0.3, 0.4) is 0 Å². The smallest absolute Gasteiger partial charge is 0.326 e. The number of fused-ring (bicyclic) bond motifs is 2. The third-order valence-electron chi connectivity index (χ3n) is 11.1. The summed E-state index contributed by atoms with van der Waals surface area (Å²) in [6.07, 6.45) is 5.36. The maximum absolute atomic E-state index is 14.4. The lowest BCUT2D eigenvalue weighted by Crippen LogP contribution is -2.60. The molecule has 0 bridgehead atoms. The SMILES string of the molecule is CSCC[C@H](NC(=O)[C@H](C)NC(=O)[C@H](Cc1c[nH]c2ccccc12)NC(=O)[C@@H](N)CO)C(=O)N[C@@H](Cc1ccccc1)C(=O)N[C@@H](Cc1c[nH]c2ccccc12)C(=O)N[C@H](C(=O)O)C(C)C. The molecule has 0 unspecified atom stereocenters. The van der Waals surface area contributed by atoms with Gasteiger partial charge >= 0.3 is 5.97 Å². The highest BCUT2D eigenvalue weighted by Crippen LogP contribution is 2.21. The second kappa shape index (κ2) is 24.0. The van der Waals surface area contributed by atoms with Crippen molar-refractivity contribution in [3.63, 3.8) is 0 Å². The lowest BCUT2D eigenvalue weighted by atomic mass is 10.00. The molecule has 19 heteroatoms. The molecule has 0 spiro atoms. The fraction of sp³-hybridized carbons (Fsp3) is 0.383. The molecule has 0 aliphatic rings. The van der Waals surface area contributed by atoms with Gasteiger partial charge in [-0.15, -0.1) is 0 Å². The third kappa shape index (κ3) is 13.7. The molecule has 7 atom stereocenters. The summed E-state index contributed by atoms with van der Waals surface area (Å²) in [7, 11) is 0. The van der Waals surface area contributed by atoms with Crippen molar-refractivity contribution in [2.75, 3.05) is 18.6 Å². The van der Waals surface area contributed by atoms with Gasteiger partial charge in [0.2, 0.25) is 35.4 Å². The van der Waals surface area contributed by atoms with E-state index in [1.807, 2.05) is 54.8 Å². The number of hydrogen-bond donors (Lipinski definition) is 11. The van der Waals surface area contributed by atoms with E-state index >= 15 is 0 Å². The van der Waals surface area contributed by atoms with E-state index in [0.717, 1.165) is 21.8 Å². The first kappa shape index (κ1) is 50.3. The Morgan fingerprint density at radius 3 is 1.56 bits per heavy atom. The minimum atomic E-state index is -1.30. The van der Waals surface area contributed by atoms with Gasteiger partial charge in [-0.05, 0) is 60.1 Å². The van der Waals surface area contributed by atoms with Gasteiger partial charge in [0.05, 0.1) is 6.61 Å². The van der Waals surface area contributed by atoms with Crippen LogP contribution >= 0.6 is 11.8 Å². The quantitative estimate of drug-likeness (QED) is 0.0421. The molecule has 3 aromatic carbocycles. The number of aromatic nitrogens is 2. The molecule has 2 aromatic heterocycles. The van der Waals surface area contributed by atoms with Crippen LogP contribution in [0.25, 0.3) is 21.8 Å². The molecule has 352 valence electrons. The summed E-state index contributed by atoms with van der Waals surface area (Å²) >= 11 is 1.42. The molecular formula is C47H59N9O9S. The van der Waals surface area contributed by atoms with Crippen molar-refractivity contribution in [2.24, 2.45) is 11.7 Å². The molecule has 66 heavy (non-hydrogen) atoms. The van der Waals surface area contributed by atoms with Gasteiger partial charge in [0.1, 0.15) is 42.3 Å². The highest BCUT2D eigenvalue weighted by atomic mass is 32.2. The van der Waals surface area contributed by atoms with Crippen molar-refractivity contribution in [2.45, 2.75) is 88.7 Å². The third-order valence-corrected chi connectivity index (χ3v) is 11.8. The van der Waals surface area contributed by atoms with Crippen LogP contribution in [-0.4, -0.2) is 123 Å². The average molecular weight is 926 g/mol. The average Bonchev–Trinajstić information content (AvgIpc) is 3.91. The Bertz CT molecular complexity index is 2480. The number of carboxylic acids is 1. The number of aliphatic carboxylic acids is 1. The minimum absolute atomic E-state index is 0.0112. The number of aliphatic hydroxyl groups is 1. The molecule has 0 aliphatic heterocycles. The van der Waals surface area contributed by atoms with Crippen molar-refractivity contribution >= 4 is 75.0 Å². The minimum Gasteiger partial charge on any atom is -0.480 e. The topological polar surface area (TPSA) is 290 Å². The predicted molar refractivity (Wildman–Crippen MR) is 252 cm³/mol. The Hall–Kier alpha value is -6.70. The molecule has 12 N–H and O–H groups in total. The first-order chi connectivity index (χ1) is 31.6. The largest absolute Gasteiger partial charge is 0.480 e. The van der Waals surface area contributed by atoms with Gasteiger partial charge < -0.3 is 57.8 Å². The Balaban J connectivity index is 1.35. The van der Waals surface area contributed by atoms with Crippen molar-refractivity contribution in [3.05, 3.63) is 108 Å². The summed E-state index contributed by atoms with van der Waals surface area (Å²) in [6.45, 7) is 4.06. The second-order valence-corrected chi connectivity index (χ2v) is 17.4.